The highest BCUT2D eigenvalue weighted by atomic mass is 32.2. The van der Waals surface area contributed by atoms with Crippen molar-refractivity contribution in [3.8, 4) is 0 Å². The zero-order chi connectivity index (χ0) is 9.10. The molecule has 72 valence electrons. The van der Waals surface area contributed by atoms with Gasteiger partial charge in [-0.05, 0) is 13.0 Å². The van der Waals surface area contributed by atoms with Gasteiger partial charge in [0.05, 0.1) is 11.3 Å². The highest BCUT2D eigenvalue weighted by Crippen LogP contribution is 2.14. The summed E-state index contributed by atoms with van der Waals surface area (Å²) in [5.74, 6) is 0.678. The van der Waals surface area contributed by atoms with Crippen LogP contribution in [-0.2, 0) is 16.6 Å². The van der Waals surface area contributed by atoms with Crippen LogP contribution in [0.1, 0.15) is 11.3 Å². The van der Waals surface area contributed by atoms with Gasteiger partial charge in [0.15, 0.2) is 0 Å². The summed E-state index contributed by atoms with van der Waals surface area (Å²) >= 11 is 1.59. The molecule has 1 N–H and O–H groups in total. The molecule has 0 bridgehead atoms. The maximum absolute atomic E-state index is 11.8. The fourth-order valence-corrected chi connectivity index (χ4v) is 3.70. The van der Waals surface area contributed by atoms with E-state index in [-0.39, 0.29) is 0 Å². The van der Waals surface area contributed by atoms with Crippen molar-refractivity contribution in [3.63, 3.8) is 0 Å². The zero-order valence-corrected chi connectivity index (χ0v) is 8.87. The number of nitrogens with zero attached hydrogens (tertiary/aromatic N) is 1. The predicted octanol–water partition coefficient (Wildman–Crippen LogP) is 0.754. The first kappa shape index (κ1) is 9.30. The van der Waals surface area contributed by atoms with Crippen LogP contribution in [0.4, 0.5) is 0 Å². The van der Waals surface area contributed by atoms with E-state index in [0.29, 0.717) is 11.0 Å². The summed E-state index contributed by atoms with van der Waals surface area (Å²) in [4.78, 5) is 5.10. The summed E-state index contributed by atoms with van der Waals surface area (Å²) in [6.45, 7) is 1.92. The number of hydrogen-bond acceptors (Lipinski definition) is 4. The Morgan fingerprint density at radius 3 is 3.31 bits per heavy atom. The maximum atomic E-state index is 11.8. The molecule has 5 heteroatoms. The lowest BCUT2D eigenvalue weighted by atomic mass is 10.4. The molecule has 1 aromatic heterocycles. The van der Waals surface area contributed by atoms with Gasteiger partial charge < -0.3 is 5.32 Å². The van der Waals surface area contributed by atoms with E-state index in [0.717, 1.165) is 24.4 Å². The van der Waals surface area contributed by atoms with Gasteiger partial charge in [-0.25, -0.2) is 0 Å². The van der Waals surface area contributed by atoms with Crippen LogP contribution in [0.25, 0.3) is 0 Å². The molecule has 0 saturated carbocycles. The van der Waals surface area contributed by atoms with Crippen molar-refractivity contribution in [2.45, 2.75) is 17.4 Å². The Labute approximate surface area is 84.0 Å². The van der Waals surface area contributed by atoms with Crippen LogP contribution in [0, 0.1) is 0 Å². The molecule has 1 aromatic rings. The standard InChI is InChI=1S/C8H12N2OS2/c11-13(8-1-2-9-4-8)5-7-3-10-6-12-7/h3,6,8-9H,1-2,4-5H2/t8-,13+/m0/s1. The van der Waals surface area contributed by atoms with E-state index < -0.39 is 10.8 Å². The van der Waals surface area contributed by atoms with Gasteiger partial charge in [0, 0.05) is 33.7 Å². The van der Waals surface area contributed by atoms with Crippen LogP contribution >= 0.6 is 11.3 Å². The summed E-state index contributed by atoms with van der Waals surface area (Å²) in [7, 11) is -0.717. The molecule has 0 amide bonds. The van der Waals surface area contributed by atoms with Gasteiger partial charge in [-0.1, -0.05) is 0 Å². The lowest BCUT2D eigenvalue weighted by Gasteiger charge is -2.05. The van der Waals surface area contributed by atoms with E-state index in [9.17, 15) is 4.21 Å². The second-order valence-electron chi connectivity index (χ2n) is 3.11. The summed E-state index contributed by atoms with van der Waals surface area (Å²) in [6, 6.07) is 0. The molecule has 1 saturated heterocycles. The van der Waals surface area contributed by atoms with Crippen LogP contribution in [0.5, 0.6) is 0 Å². The second kappa shape index (κ2) is 4.30. The maximum Gasteiger partial charge on any atom is 0.0794 e. The smallest absolute Gasteiger partial charge is 0.0794 e. The Morgan fingerprint density at radius 2 is 2.69 bits per heavy atom. The highest BCUT2D eigenvalue weighted by Gasteiger charge is 2.21. The predicted molar refractivity (Wildman–Crippen MR) is 55.2 cm³/mol. The molecule has 1 aliphatic heterocycles. The van der Waals surface area contributed by atoms with Crippen LogP contribution < -0.4 is 5.32 Å². The van der Waals surface area contributed by atoms with Crippen molar-refractivity contribution in [2.75, 3.05) is 13.1 Å². The Hall–Kier alpha value is -0.260. The van der Waals surface area contributed by atoms with Crippen molar-refractivity contribution in [1.29, 1.82) is 0 Å². The Balaban J connectivity index is 1.91. The van der Waals surface area contributed by atoms with E-state index in [4.69, 9.17) is 0 Å². The van der Waals surface area contributed by atoms with E-state index in [1.807, 2.05) is 6.20 Å². The van der Waals surface area contributed by atoms with Gasteiger partial charge in [0.25, 0.3) is 0 Å². The molecular weight excluding hydrogens is 204 g/mol. The van der Waals surface area contributed by atoms with Crippen LogP contribution in [0.2, 0.25) is 0 Å². The van der Waals surface area contributed by atoms with E-state index in [1.54, 1.807) is 16.8 Å². The molecule has 2 rings (SSSR count). The fraction of sp³-hybridized carbons (Fsp3) is 0.625. The van der Waals surface area contributed by atoms with Gasteiger partial charge in [0.1, 0.15) is 0 Å². The minimum absolute atomic E-state index is 0.349. The quantitative estimate of drug-likeness (QED) is 0.811. The lowest BCUT2D eigenvalue weighted by molar-refractivity contribution is 0.672. The molecule has 2 heterocycles. The third-order valence-corrected chi connectivity index (χ3v) is 4.86. The largest absolute Gasteiger partial charge is 0.315 e. The number of rotatable bonds is 3. The monoisotopic (exact) mass is 216 g/mol. The molecule has 2 atom stereocenters. The molecule has 13 heavy (non-hydrogen) atoms. The summed E-state index contributed by atoms with van der Waals surface area (Å²) in [5, 5.41) is 3.58. The van der Waals surface area contributed by atoms with Gasteiger partial charge in [-0.15, -0.1) is 11.3 Å². The molecule has 1 fully saturated rings. The number of aromatic nitrogens is 1. The Bertz CT molecular complexity index is 280. The highest BCUT2D eigenvalue weighted by molar-refractivity contribution is 7.85. The molecule has 0 unspecified atom stereocenters. The minimum Gasteiger partial charge on any atom is -0.315 e. The molecule has 0 aromatic carbocycles. The van der Waals surface area contributed by atoms with Gasteiger partial charge in [0.2, 0.25) is 0 Å². The average molecular weight is 216 g/mol. The Morgan fingerprint density at radius 1 is 1.77 bits per heavy atom. The first-order valence-electron chi connectivity index (χ1n) is 4.31. The van der Waals surface area contributed by atoms with Gasteiger partial charge in [-0.2, -0.15) is 0 Å². The van der Waals surface area contributed by atoms with Crippen molar-refractivity contribution >= 4 is 22.1 Å². The van der Waals surface area contributed by atoms with Crippen LogP contribution in [0.15, 0.2) is 11.7 Å². The number of thiazole rings is 1. The van der Waals surface area contributed by atoms with Crippen molar-refractivity contribution in [1.82, 2.24) is 10.3 Å². The van der Waals surface area contributed by atoms with Crippen LogP contribution in [0.3, 0.4) is 0 Å². The second-order valence-corrected chi connectivity index (χ2v) is 5.80. The normalized spacial score (nSPS) is 24.8. The van der Waals surface area contributed by atoms with Gasteiger partial charge in [-0.3, -0.25) is 9.19 Å². The van der Waals surface area contributed by atoms with Crippen LogP contribution in [-0.4, -0.2) is 27.5 Å². The number of nitrogens with one attached hydrogen (secondary N) is 1. The first-order valence-corrected chi connectivity index (χ1v) is 6.57. The topological polar surface area (TPSA) is 42.0 Å². The van der Waals surface area contributed by atoms with Crippen molar-refractivity contribution < 1.29 is 4.21 Å². The van der Waals surface area contributed by atoms with Gasteiger partial charge >= 0.3 is 0 Å². The molecule has 0 radical (unpaired) electrons. The molecule has 0 spiro atoms. The molecule has 0 aliphatic carbocycles. The first-order chi connectivity index (χ1) is 6.36. The van der Waals surface area contributed by atoms with Crippen molar-refractivity contribution in [2.24, 2.45) is 0 Å². The summed E-state index contributed by atoms with van der Waals surface area (Å²) in [6.07, 6.45) is 2.86. The number of hydrogen-bond donors (Lipinski definition) is 1. The lowest BCUT2D eigenvalue weighted by Crippen LogP contribution is -2.19. The van der Waals surface area contributed by atoms with E-state index in [2.05, 4.69) is 10.3 Å². The van der Waals surface area contributed by atoms with Crippen molar-refractivity contribution in [3.05, 3.63) is 16.6 Å². The summed E-state index contributed by atoms with van der Waals surface area (Å²) < 4.78 is 11.8. The fourth-order valence-electron chi connectivity index (χ4n) is 1.42. The average Bonchev–Trinajstić information content (AvgIpc) is 2.74. The van der Waals surface area contributed by atoms with E-state index in [1.165, 1.54) is 0 Å². The molecule has 3 nitrogen and oxygen atoms in total. The summed E-state index contributed by atoms with van der Waals surface area (Å²) in [5.41, 5.74) is 1.79. The molecule has 1 aliphatic rings. The Kier molecular flexibility index (Phi) is 3.08. The molecular formula is C8H12N2OS2. The SMILES string of the molecule is O=[S@](Cc1cncs1)[C@H]1CCNC1. The minimum atomic E-state index is -0.717. The third kappa shape index (κ3) is 2.36. The zero-order valence-electron chi connectivity index (χ0n) is 7.23. The third-order valence-electron chi connectivity index (χ3n) is 2.15. The van der Waals surface area contributed by atoms with E-state index >= 15 is 0 Å².